The zero-order valence-corrected chi connectivity index (χ0v) is 18.3. The molecule has 2 aromatic rings. The Bertz CT molecular complexity index is 1070. The summed E-state index contributed by atoms with van der Waals surface area (Å²) in [4.78, 5) is 62.7. The Balaban J connectivity index is 2.10. The van der Waals surface area contributed by atoms with Crippen LogP contribution in [0.4, 0.5) is 0 Å². The average molecular weight is 477 g/mol. The molecular formula is C21H27N5O8. The van der Waals surface area contributed by atoms with Gasteiger partial charge in [0.25, 0.3) is 0 Å². The Morgan fingerprint density at radius 2 is 1.53 bits per heavy atom. The average Bonchev–Trinajstić information content (AvgIpc) is 3.18. The topological polar surface area (TPSA) is 224 Å². The van der Waals surface area contributed by atoms with Crippen molar-refractivity contribution in [3.63, 3.8) is 0 Å². The van der Waals surface area contributed by atoms with E-state index in [0.29, 0.717) is 5.56 Å². The number of aromatic nitrogens is 1. The SMILES string of the molecule is CC(N)C(=O)NC(CC(=O)O)C(=O)NC(CO)C(=O)NC(Cc1c[nH]c2ccccc12)C(=O)O. The van der Waals surface area contributed by atoms with Gasteiger partial charge >= 0.3 is 11.9 Å². The van der Waals surface area contributed by atoms with Crippen LogP contribution in [-0.4, -0.2) is 80.7 Å². The lowest BCUT2D eigenvalue weighted by atomic mass is 10.0. The molecule has 1 heterocycles. The number of nitrogens with two attached hydrogens (primary N) is 1. The summed E-state index contributed by atoms with van der Waals surface area (Å²) in [6.45, 7) is 0.423. The lowest BCUT2D eigenvalue weighted by molar-refractivity contribution is -0.143. The van der Waals surface area contributed by atoms with Gasteiger partial charge in [-0.3, -0.25) is 19.2 Å². The zero-order chi connectivity index (χ0) is 25.4. The normalized spacial score (nSPS) is 14.4. The summed E-state index contributed by atoms with van der Waals surface area (Å²) >= 11 is 0. The van der Waals surface area contributed by atoms with Crippen molar-refractivity contribution in [1.82, 2.24) is 20.9 Å². The highest BCUT2D eigenvalue weighted by molar-refractivity contribution is 5.95. The molecule has 1 aromatic carbocycles. The molecule has 13 heteroatoms. The quantitative estimate of drug-likeness (QED) is 0.170. The van der Waals surface area contributed by atoms with E-state index in [2.05, 4.69) is 20.9 Å². The smallest absolute Gasteiger partial charge is 0.326 e. The van der Waals surface area contributed by atoms with Crippen LogP contribution in [0, 0.1) is 0 Å². The van der Waals surface area contributed by atoms with Gasteiger partial charge in [0, 0.05) is 23.5 Å². The number of aliphatic hydroxyl groups excluding tert-OH is 1. The van der Waals surface area contributed by atoms with Gasteiger partial charge in [-0.15, -0.1) is 0 Å². The van der Waals surface area contributed by atoms with Gasteiger partial charge in [-0.1, -0.05) is 18.2 Å². The Kier molecular flexibility index (Phi) is 9.10. The first kappa shape index (κ1) is 26.3. The third-order valence-electron chi connectivity index (χ3n) is 4.95. The number of amides is 3. The molecule has 0 saturated carbocycles. The van der Waals surface area contributed by atoms with E-state index >= 15 is 0 Å². The fraction of sp³-hybridized carbons (Fsp3) is 0.381. The van der Waals surface area contributed by atoms with E-state index in [1.165, 1.54) is 6.92 Å². The zero-order valence-electron chi connectivity index (χ0n) is 18.3. The van der Waals surface area contributed by atoms with E-state index in [9.17, 15) is 34.2 Å². The Morgan fingerprint density at radius 3 is 2.12 bits per heavy atom. The summed E-state index contributed by atoms with van der Waals surface area (Å²) in [6.07, 6.45) is 0.737. The fourth-order valence-corrected chi connectivity index (χ4v) is 3.15. The van der Waals surface area contributed by atoms with Gasteiger partial charge in [-0.05, 0) is 18.6 Å². The number of nitrogens with one attached hydrogen (secondary N) is 4. The third kappa shape index (κ3) is 7.02. The van der Waals surface area contributed by atoms with Crippen LogP contribution in [0.1, 0.15) is 18.9 Å². The van der Waals surface area contributed by atoms with Crippen LogP contribution in [-0.2, 0) is 30.4 Å². The van der Waals surface area contributed by atoms with Crippen LogP contribution < -0.4 is 21.7 Å². The minimum Gasteiger partial charge on any atom is -0.481 e. The van der Waals surface area contributed by atoms with Gasteiger partial charge in [-0.2, -0.15) is 0 Å². The number of aromatic amines is 1. The maximum Gasteiger partial charge on any atom is 0.326 e. The minimum atomic E-state index is -1.60. The van der Waals surface area contributed by atoms with Crippen LogP contribution >= 0.6 is 0 Å². The molecule has 4 unspecified atom stereocenters. The number of carbonyl (C=O) groups excluding carboxylic acids is 3. The molecule has 4 atom stereocenters. The molecule has 3 amide bonds. The van der Waals surface area contributed by atoms with Crippen molar-refractivity contribution in [3.05, 3.63) is 36.0 Å². The third-order valence-corrected chi connectivity index (χ3v) is 4.95. The molecular weight excluding hydrogens is 450 g/mol. The van der Waals surface area contributed by atoms with E-state index in [-0.39, 0.29) is 6.42 Å². The number of carbonyl (C=O) groups is 5. The number of hydrogen-bond donors (Lipinski definition) is 8. The van der Waals surface area contributed by atoms with E-state index in [1.54, 1.807) is 18.3 Å². The summed E-state index contributed by atoms with van der Waals surface area (Å²) < 4.78 is 0. The monoisotopic (exact) mass is 477 g/mol. The van der Waals surface area contributed by atoms with Crippen LogP contribution in [0.3, 0.4) is 0 Å². The molecule has 9 N–H and O–H groups in total. The largest absolute Gasteiger partial charge is 0.481 e. The first-order chi connectivity index (χ1) is 16.0. The molecule has 34 heavy (non-hydrogen) atoms. The molecule has 0 aliphatic heterocycles. The second kappa shape index (κ2) is 11.8. The lowest BCUT2D eigenvalue weighted by Gasteiger charge is -2.23. The number of aliphatic carboxylic acids is 2. The Morgan fingerprint density at radius 1 is 0.941 bits per heavy atom. The van der Waals surface area contributed by atoms with Crippen LogP contribution in [0.15, 0.2) is 30.5 Å². The summed E-state index contributed by atoms with van der Waals surface area (Å²) in [6, 6.07) is 1.61. The molecule has 0 aliphatic carbocycles. The van der Waals surface area contributed by atoms with E-state index < -0.39 is 66.9 Å². The van der Waals surface area contributed by atoms with Crippen LogP contribution in [0.2, 0.25) is 0 Å². The van der Waals surface area contributed by atoms with Crippen molar-refractivity contribution in [3.8, 4) is 0 Å². The van der Waals surface area contributed by atoms with Gasteiger partial charge in [-0.25, -0.2) is 4.79 Å². The van der Waals surface area contributed by atoms with Crippen molar-refractivity contribution >= 4 is 40.6 Å². The highest BCUT2D eigenvalue weighted by Gasteiger charge is 2.31. The van der Waals surface area contributed by atoms with Gasteiger partial charge in [0.2, 0.25) is 17.7 Å². The maximum absolute atomic E-state index is 12.6. The van der Waals surface area contributed by atoms with Crippen molar-refractivity contribution < 1.29 is 39.3 Å². The van der Waals surface area contributed by atoms with Gasteiger partial charge in [0.15, 0.2) is 0 Å². The number of H-pyrrole nitrogens is 1. The van der Waals surface area contributed by atoms with Crippen molar-refractivity contribution in [2.24, 2.45) is 5.73 Å². The molecule has 2 rings (SSSR count). The molecule has 1 aromatic heterocycles. The highest BCUT2D eigenvalue weighted by atomic mass is 16.4. The second-order valence-corrected chi connectivity index (χ2v) is 7.65. The number of aliphatic hydroxyl groups is 1. The summed E-state index contributed by atoms with van der Waals surface area (Å²) in [5.41, 5.74) is 6.83. The predicted molar refractivity (Wildman–Crippen MR) is 118 cm³/mol. The molecule has 0 radical (unpaired) electrons. The predicted octanol–water partition coefficient (Wildman–Crippen LogP) is -1.94. The molecule has 184 valence electrons. The van der Waals surface area contributed by atoms with E-state index in [4.69, 9.17) is 10.8 Å². The number of carboxylic acids is 2. The number of benzene rings is 1. The molecule has 13 nitrogen and oxygen atoms in total. The number of fused-ring (bicyclic) bond motifs is 1. The molecule has 0 aliphatic rings. The fourth-order valence-electron chi connectivity index (χ4n) is 3.15. The molecule has 0 fully saturated rings. The van der Waals surface area contributed by atoms with Crippen molar-refractivity contribution in [1.29, 1.82) is 0 Å². The first-order valence-corrected chi connectivity index (χ1v) is 10.3. The molecule has 0 saturated heterocycles. The van der Waals surface area contributed by atoms with Crippen molar-refractivity contribution in [2.75, 3.05) is 6.61 Å². The number of rotatable bonds is 12. The van der Waals surface area contributed by atoms with Gasteiger partial charge in [0.1, 0.15) is 18.1 Å². The second-order valence-electron chi connectivity index (χ2n) is 7.65. The Hall–Kier alpha value is -3.97. The lowest BCUT2D eigenvalue weighted by Crippen LogP contribution is -2.58. The van der Waals surface area contributed by atoms with E-state index in [1.807, 2.05) is 12.1 Å². The molecule has 0 bridgehead atoms. The standard InChI is InChI=1S/C21H27N5O8/c1-10(22)18(30)24-14(7-17(28)29)19(31)26-16(9-27)20(32)25-15(21(33)34)6-11-8-23-13-5-3-2-4-12(11)13/h2-5,8,10,14-16,23,27H,6-7,9,22H2,1H3,(H,24,30)(H,25,32)(H,26,31)(H,28,29)(H,33,34). The highest BCUT2D eigenvalue weighted by Crippen LogP contribution is 2.19. The van der Waals surface area contributed by atoms with Crippen LogP contribution in [0.25, 0.3) is 10.9 Å². The van der Waals surface area contributed by atoms with Gasteiger partial charge < -0.3 is 42.0 Å². The van der Waals surface area contributed by atoms with E-state index in [0.717, 1.165) is 10.9 Å². The molecule has 0 spiro atoms. The minimum absolute atomic E-state index is 0.0801. The first-order valence-electron chi connectivity index (χ1n) is 10.3. The number of hydrogen-bond acceptors (Lipinski definition) is 7. The number of carboxylic acid groups (broad SMARTS) is 2. The van der Waals surface area contributed by atoms with Gasteiger partial charge in [0.05, 0.1) is 19.1 Å². The number of para-hydroxylation sites is 1. The maximum atomic E-state index is 12.6. The summed E-state index contributed by atoms with van der Waals surface area (Å²) in [7, 11) is 0. The van der Waals surface area contributed by atoms with Crippen LogP contribution in [0.5, 0.6) is 0 Å². The summed E-state index contributed by atoms with van der Waals surface area (Å²) in [5, 5.41) is 35.5. The summed E-state index contributed by atoms with van der Waals surface area (Å²) in [5.74, 6) is -5.60. The van der Waals surface area contributed by atoms with Crippen molar-refractivity contribution in [2.45, 2.75) is 43.9 Å². The Labute approximate surface area is 193 Å².